The molecule has 0 atom stereocenters. The molecule has 5 nitrogen and oxygen atoms in total. The van der Waals surface area contributed by atoms with Gasteiger partial charge in [-0.25, -0.2) is 9.97 Å². The first-order valence-electron chi connectivity index (χ1n) is 8.07. The number of nitrogens with zero attached hydrogens (tertiary/aromatic N) is 2. The number of aryl methyl sites for hydroxylation is 1. The predicted molar refractivity (Wildman–Crippen MR) is 85.3 cm³/mol. The number of rotatable bonds is 2. The third kappa shape index (κ3) is 2.80. The maximum Gasteiger partial charge on any atom is 0.498 e. The minimum Gasteiger partial charge on any atom is -0.399 e. The Bertz CT molecular complexity index is 540. The van der Waals surface area contributed by atoms with Crippen molar-refractivity contribution in [3.05, 3.63) is 17.7 Å². The molecule has 0 bridgehead atoms. The third-order valence-electron chi connectivity index (χ3n) is 5.13. The maximum atomic E-state index is 6.09. The fraction of sp³-hybridized carbons (Fsp3) is 0.750. The summed E-state index contributed by atoms with van der Waals surface area (Å²) in [6, 6.07) is 0. The fourth-order valence-corrected chi connectivity index (χ4v) is 2.85. The first-order valence-corrected chi connectivity index (χ1v) is 8.07. The van der Waals surface area contributed by atoms with E-state index in [4.69, 9.17) is 19.0 Å². The van der Waals surface area contributed by atoms with Gasteiger partial charge < -0.3 is 14.0 Å². The molecule has 1 aromatic rings. The molecule has 22 heavy (non-hydrogen) atoms. The van der Waals surface area contributed by atoms with E-state index in [9.17, 15) is 0 Å². The fourth-order valence-electron chi connectivity index (χ4n) is 2.85. The van der Waals surface area contributed by atoms with Crippen LogP contribution in [0.5, 0.6) is 0 Å². The summed E-state index contributed by atoms with van der Waals surface area (Å²) in [5.41, 5.74) is 1.18. The Kier molecular flexibility index (Phi) is 4.04. The highest BCUT2D eigenvalue weighted by Gasteiger charge is 2.52. The second kappa shape index (κ2) is 5.58. The highest BCUT2D eigenvalue weighted by Crippen LogP contribution is 2.36. The van der Waals surface area contributed by atoms with E-state index in [2.05, 4.69) is 32.7 Å². The van der Waals surface area contributed by atoms with Gasteiger partial charge in [-0.1, -0.05) is 0 Å². The highest BCUT2D eigenvalue weighted by atomic mass is 16.7. The zero-order valence-corrected chi connectivity index (χ0v) is 14.2. The minimum absolute atomic E-state index is 0.344. The van der Waals surface area contributed by atoms with Crippen LogP contribution >= 0.6 is 0 Å². The van der Waals surface area contributed by atoms with Crippen LogP contribution in [0, 0.1) is 6.92 Å². The third-order valence-corrected chi connectivity index (χ3v) is 5.13. The molecule has 0 amide bonds. The van der Waals surface area contributed by atoms with Crippen LogP contribution in [0.1, 0.15) is 58.0 Å². The van der Waals surface area contributed by atoms with Crippen LogP contribution < -0.4 is 5.46 Å². The molecule has 2 saturated heterocycles. The summed E-state index contributed by atoms with van der Waals surface area (Å²) >= 11 is 0. The van der Waals surface area contributed by atoms with Crippen LogP contribution in [0.3, 0.4) is 0 Å². The van der Waals surface area contributed by atoms with E-state index in [0.29, 0.717) is 5.92 Å². The Morgan fingerprint density at radius 3 is 2.23 bits per heavy atom. The van der Waals surface area contributed by atoms with Crippen LogP contribution in [0.15, 0.2) is 6.20 Å². The van der Waals surface area contributed by atoms with E-state index < -0.39 is 7.12 Å². The molecule has 3 heterocycles. The topological polar surface area (TPSA) is 53.5 Å². The number of ether oxygens (including phenoxy) is 1. The molecule has 120 valence electrons. The van der Waals surface area contributed by atoms with E-state index in [1.165, 1.54) is 0 Å². The maximum absolute atomic E-state index is 6.09. The van der Waals surface area contributed by atoms with Crippen molar-refractivity contribution in [1.82, 2.24) is 9.97 Å². The largest absolute Gasteiger partial charge is 0.498 e. The molecule has 2 aliphatic rings. The van der Waals surface area contributed by atoms with Crippen molar-refractivity contribution in [3.8, 4) is 0 Å². The van der Waals surface area contributed by atoms with Crippen molar-refractivity contribution >= 4 is 12.6 Å². The Morgan fingerprint density at radius 1 is 1.09 bits per heavy atom. The highest BCUT2D eigenvalue weighted by molar-refractivity contribution is 6.62. The van der Waals surface area contributed by atoms with Crippen LogP contribution in [-0.2, 0) is 14.0 Å². The molecular formula is C16H25BN2O3. The molecule has 6 heteroatoms. The van der Waals surface area contributed by atoms with E-state index in [-0.39, 0.29) is 11.2 Å². The number of hydrogen-bond acceptors (Lipinski definition) is 5. The lowest BCUT2D eigenvalue weighted by Crippen LogP contribution is -2.41. The Hall–Kier alpha value is -0.975. The van der Waals surface area contributed by atoms with E-state index >= 15 is 0 Å². The van der Waals surface area contributed by atoms with Crippen molar-refractivity contribution in [2.75, 3.05) is 13.2 Å². The summed E-state index contributed by atoms with van der Waals surface area (Å²) < 4.78 is 17.6. The monoisotopic (exact) mass is 304 g/mol. The summed E-state index contributed by atoms with van der Waals surface area (Å²) in [6.45, 7) is 11.8. The Balaban J connectivity index is 1.81. The smallest absolute Gasteiger partial charge is 0.399 e. The van der Waals surface area contributed by atoms with Crippen molar-refractivity contribution in [1.29, 1.82) is 0 Å². The molecule has 0 saturated carbocycles. The van der Waals surface area contributed by atoms with Crippen LogP contribution in [0.4, 0.5) is 0 Å². The standard InChI is InChI=1S/C16H25BN2O3/c1-11-13(17-21-15(2,3)16(4,5)22-17)10-18-14(19-11)12-6-8-20-9-7-12/h10,12H,6-9H2,1-5H3. The van der Waals surface area contributed by atoms with Gasteiger partial charge in [0.05, 0.1) is 11.2 Å². The van der Waals surface area contributed by atoms with E-state index in [1.54, 1.807) is 0 Å². The second-order valence-corrected chi connectivity index (χ2v) is 7.24. The van der Waals surface area contributed by atoms with E-state index in [0.717, 1.165) is 43.0 Å². The number of hydrogen-bond donors (Lipinski definition) is 0. The zero-order valence-electron chi connectivity index (χ0n) is 14.2. The summed E-state index contributed by atoms with van der Waals surface area (Å²) in [7, 11) is -0.395. The first kappa shape index (κ1) is 15.9. The Labute approximate surface area is 132 Å². The lowest BCUT2D eigenvalue weighted by atomic mass is 9.79. The minimum atomic E-state index is -0.395. The normalized spacial score (nSPS) is 24.7. The second-order valence-electron chi connectivity index (χ2n) is 7.24. The van der Waals surface area contributed by atoms with Gasteiger partial charge >= 0.3 is 7.12 Å². The van der Waals surface area contributed by atoms with Gasteiger partial charge in [-0.05, 0) is 47.5 Å². The summed E-state index contributed by atoms with van der Waals surface area (Å²) in [6.07, 6.45) is 3.86. The van der Waals surface area contributed by atoms with Crippen LogP contribution in [0.2, 0.25) is 0 Å². The molecule has 2 fully saturated rings. The molecule has 1 aromatic heterocycles. The van der Waals surface area contributed by atoms with Gasteiger partial charge in [-0.3, -0.25) is 0 Å². The van der Waals surface area contributed by atoms with Gasteiger partial charge in [0, 0.05) is 36.5 Å². The zero-order chi connectivity index (χ0) is 16.0. The van der Waals surface area contributed by atoms with Gasteiger partial charge in [-0.2, -0.15) is 0 Å². The molecule has 0 N–H and O–H groups in total. The van der Waals surface area contributed by atoms with Crippen LogP contribution in [0.25, 0.3) is 0 Å². The molecule has 0 aliphatic carbocycles. The lowest BCUT2D eigenvalue weighted by Gasteiger charge is -2.32. The van der Waals surface area contributed by atoms with Crippen molar-refractivity contribution in [2.24, 2.45) is 0 Å². The van der Waals surface area contributed by atoms with Gasteiger partial charge in [0.25, 0.3) is 0 Å². The quantitative estimate of drug-likeness (QED) is 0.782. The summed E-state index contributed by atoms with van der Waals surface area (Å²) in [5.74, 6) is 1.32. The molecular weight excluding hydrogens is 279 g/mol. The molecule has 3 rings (SSSR count). The predicted octanol–water partition coefficient (Wildman–Crippen LogP) is 1.98. The summed E-state index contributed by atoms with van der Waals surface area (Å²) in [4.78, 5) is 9.29. The molecule has 2 aliphatic heterocycles. The van der Waals surface area contributed by atoms with E-state index in [1.807, 2.05) is 13.1 Å². The van der Waals surface area contributed by atoms with Gasteiger partial charge in [0.15, 0.2) is 0 Å². The van der Waals surface area contributed by atoms with Crippen molar-refractivity contribution in [3.63, 3.8) is 0 Å². The van der Waals surface area contributed by atoms with Crippen molar-refractivity contribution < 1.29 is 14.0 Å². The molecule has 0 radical (unpaired) electrons. The first-order chi connectivity index (χ1) is 10.3. The van der Waals surface area contributed by atoms with Gasteiger partial charge in [0.1, 0.15) is 5.82 Å². The van der Waals surface area contributed by atoms with Crippen LogP contribution in [-0.4, -0.2) is 41.5 Å². The average Bonchev–Trinajstić information content (AvgIpc) is 2.68. The summed E-state index contributed by atoms with van der Waals surface area (Å²) in [5, 5.41) is 0. The van der Waals surface area contributed by atoms with Gasteiger partial charge in [0.2, 0.25) is 0 Å². The SMILES string of the molecule is Cc1nc(C2CCOCC2)ncc1B1OC(C)(C)C(C)(C)O1. The van der Waals surface area contributed by atoms with Gasteiger partial charge in [-0.15, -0.1) is 0 Å². The Morgan fingerprint density at radius 2 is 1.68 bits per heavy atom. The average molecular weight is 304 g/mol. The van der Waals surface area contributed by atoms with Crippen molar-refractivity contribution in [2.45, 2.75) is 64.6 Å². The molecule has 0 spiro atoms. The molecule has 0 aromatic carbocycles. The lowest BCUT2D eigenvalue weighted by molar-refractivity contribution is 0.00578. The number of aromatic nitrogens is 2. The molecule has 0 unspecified atom stereocenters.